The highest BCUT2D eigenvalue weighted by atomic mass is 32.2. The Kier molecular flexibility index (Phi) is 6.47. The molecule has 0 unspecified atom stereocenters. The van der Waals surface area contributed by atoms with Crippen LogP contribution >= 0.6 is 0 Å². The van der Waals surface area contributed by atoms with Crippen LogP contribution in [0.2, 0.25) is 0 Å². The smallest absolute Gasteiger partial charge is 0.246 e. The summed E-state index contributed by atoms with van der Waals surface area (Å²) in [5, 5.41) is 0. The number of benzene rings is 2. The predicted octanol–water partition coefficient (Wildman–Crippen LogP) is 2.66. The van der Waals surface area contributed by atoms with Crippen molar-refractivity contribution in [3.8, 4) is 5.75 Å². The Hall–Kier alpha value is -2.85. The first-order chi connectivity index (χ1) is 14.2. The molecule has 160 valence electrons. The highest BCUT2D eigenvalue weighted by molar-refractivity contribution is 7.89. The van der Waals surface area contributed by atoms with E-state index < -0.39 is 32.4 Å². The maximum absolute atomic E-state index is 13.9. The molecule has 1 saturated heterocycles. The molecule has 0 aromatic heterocycles. The zero-order chi connectivity index (χ0) is 21.9. The van der Waals surface area contributed by atoms with Gasteiger partial charge in [0.25, 0.3) is 0 Å². The van der Waals surface area contributed by atoms with E-state index in [1.54, 1.807) is 6.07 Å². The Bertz CT molecular complexity index is 1080. The van der Waals surface area contributed by atoms with Crippen molar-refractivity contribution in [3.63, 3.8) is 0 Å². The van der Waals surface area contributed by atoms with Crippen molar-refractivity contribution in [1.82, 2.24) is 9.21 Å². The van der Waals surface area contributed by atoms with Crippen molar-refractivity contribution < 1.29 is 31.1 Å². The first-order valence-electron chi connectivity index (χ1n) is 8.98. The first-order valence-corrected chi connectivity index (χ1v) is 10.4. The number of nitrogens with zero attached hydrogens (tertiary/aromatic N) is 2. The molecule has 0 aliphatic carbocycles. The topological polar surface area (TPSA) is 66.9 Å². The number of carbonyl (C=O) groups is 1. The van der Waals surface area contributed by atoms with Gasteiger partial charge >= 0.3 is 0 Å². The minimum atomic E-state index is -4.14. The molecule has 10 heteroatoms. The van der Waals surface area contributed by atoms with Gasteiger partial charge in [-0.15, -0.1) is 0 Å². The van der Waals surface area contributed by atoms with Gasteiger partial charge in [0.05, 0.1) is 7.11 Å². The molecule has 0 radical (unpaired) electrons. The van der Waals surface area contributed by atoms with E-state index in [2.05, 4.69) is 0 Å². The van der Waals surface area contributed by atoms with Crippen LogP contribution in [0.1, 0.15) is 5.56 Å². The van der Waals surface area contributed by atoms with Gasteiger partial charge in [0, 0.05) is 38.3 Å². The van der Waals surface area contributed by atoms with Gasteiger partial charge in [-0.25, -0.2) is 21.6 Å². The van der Waals surface area contributed by atoms with E-state index in [1.165, 1.54) is 36.3 Å². The highest BCUT2D eigenvalue weighted by Gasteiger charge is 2.31. The van der Waals surface area contributed by atoms with E-state index in [9.17, 15) is 26.4 Å². The van der Waals surface area contributed by atoms with Crippen molar-refractivity contribution in [2.75, 3.05) is 33.3 Å². The number of carbonyl (C=O) groups excluding carboxylic acids is 1. The molecule has 3 rings (SSSR count). The summed E-state index contributed by atoms with van der Waals surface area (Å²) < 4.78 is 71.7. The molecule has 2 aromatic carbocycles. The van der Waals surface area contributed by atoms with Crippen LogP contribution in [0.4, 0.5) is 13.2 Å². The van der Waals surface area contributed by atoms with Crippen molar-refractivity contribution in [3.05, 3.63) is 65.5 Å². The van der Waals surface area contributed by atoms with Gasteiger partial charge in [-0.05, 0) is 35.9 Å². The number of ether oxygens (including phenoxy) is 1. The maximum atomic E-state index is 13.9. The molecule has 0 spiro atoms. The summed E-state index contributed by atoms with van der Waals surface area (Å²) in [6, 6.07) is 6.53. The molecule has 2 aromatic rings. The predicted molar refractivity (Wildman–Crippen MR) is 104 cm³/mol. The molecule has 0 saturated carbocycles. The number of rotatable bonds is 5. The summed E-state index contributed by atoms with van der Waals surface area (Å²) in [5.74, 6) is -2.86. The number of sulfonamides is 1. The molecule has 30 heavy (non-hydrogen) atoms. The van der Waals surface area contributed by atoms with Crippen molar-refractivity contribution in [1.29, 1.82) is 0 Å². The zero-order valence-corrected chi connectivity index (χ0v) is 16.8. The molecule has 6 nitrogen and oxygen atoms in total. The fourth-order valence-corrected chi connectivity index (χ4v) is 4.50. The standard InChI is InChI=1S/C20H19F3N2O4S/c1-29-18-5-2-14(12-16(18)22)3-7-20(26)24-8-10-25(11-9-24)30(27,28)19-6-4-15(21)13-17(19)23/h2-7,12-13H,8-11H2,1H3. The van der Waals surface area contributed by atoms with Gasteiger partial charge in [-0.1, -0.05) is 6.07 Å². The third kappa shape index (κ3) is 4.65. The van der Waals surface area contributed by atoms with Crippen LogP contribution in [0, 0.1) is 17.5 Å². The molecule has 1 aliphatic heterocycles. The van der Waals surface area contributed by atoms with E-state index >= 15 is 0 Å². The minimum Gasteiger partial charge on any atom is -0.494 e. The second-order valence-corrected chi connectivity index (χ2v) is 8.44. The molecular weight excluding hydrogens is 421 g/mol. The van der Waals surface area contributed by atoms with Crippen LogP contribution in [0.15, 0.2) is 47.4 Å². The Morgan fingerprint density at radius 2 is 1.70 bits per heavy atom. The van der Waals surface area contributed by atoms with Crippen LogP contribution in [0.25, 0.3) is 6.08 Å². The molecule has 0 bridgehead atoms. The summed E-state index contributed by atoms with van der Waals surface area (Å²) in [6.07, 6.45) is 2.72. The summed E-state index contributed by atoms with van der Waals surface area (Å²) in [5.41, 5.74) is 0.467. The van der Waals surface area contributed by atoms with Gasteiger partial charge < -0.3 is 9.64 Å². The number of piperazine rings is 1. The van der Waals surface area contributed by atoms with Crippen LogP contribution < -0.4 is 4.74 Å². The van der Waals surface area contributed by atoms with Crippen LogP contribution in [0.3, 0.4) is 0 Å². The number of amides is 1. The number of hydrogen-bond donors (Lipinski definition) is 0. The molecule has 1 fully saturated rings. The van der Waals surface area contributed by atoms with Crippen molar-refractivity contribution in [2.45, 2.75) is 4.90 Å². The average molecular weight is 440 g/mol. The third-order valence-corrected chi connectivity index (χ3v) is 6.59. The van der Waals surface area contributed by atoms with Gasteiger partial charge in [0.2, 0.25) is 15.9 Å². The Labute approximate surface area is 172 Å². The molecule has 0 N–H and O–H groups in total. The molecule has 1 heterocycles. The normalized spacial score (nSPS) is 15.5. The maximum Gasteiger partial charge on any atom is 0.246 e. The summed E-state index contributed by atoms with van der Waals surface area (Å²) >= 11 is 0. The summed E-state index contributed by atoms with van der Waals surface area (Å²) in [7, 11) is -2.79. The zero-order valence-electron chi connectivity index (χ0n) is 16.0. The SMILES string of the molecule is COc1ccc(C=CC(=O)N2CCN(S(=O)(=O)c3ccc(F)cc3F)CC2)cc1F. The largest absolute Gasteiger partial charge is 0.494 e. The third-order valence-electron chi connectivity index (χ3n) is 4.66. The van der Waals surface area contributed by atoms with E-state index in [0.717, 1.165) is 16.4 Å². The van der Waals surface area contributed by atoms with Crippen LogP contribution in [-0.2, 0) is 14.8 Å². The Morgan fingerprint density at radius 1 is 1.00 bits per heavy atom. The van der Waals surface area contributed by atoms with E-state index in [-0.39, 0.29) is 37.8 Å². The molecule has 1 aliphatic rings. The summed E-state index contributed by atoms with van der Waals surface area (Å²) in [4.78, 5) is 13.2. The van der Waals surface area contributed by atoms with Gasteiger partial charge in [-0.2, -0.15) is 4.31 Å². The average Bonchev–Trinajstić information content (AvgIpc) is 2.72. The van der Waals surface area contributed by atoms with Crippen LogP contribution in [0.5, 0.6) is 5.75 Å². The van der Waals surface area contributed by atoms with Crippen molar-refractivity contribution in [2.24, 2.45) is 0 Å². The first kappa shape index (κ1) is 21.8. The van der Waals surface area contributed by atoms with E-state index in [0.29, 0.717) is 11.6 Å². The van der Waals surface area contributed by atoms with Gasteiger partial charge in [-0.3, -0.25) is 4.79 Å². The monoisotopic (exact) mass is 440 g/mol. The fourth-order valence-electron chi connectivity index (χ4n) is 3.03. The molecule has 1 amide bonds. The Balaban J connectivity index is 1.63. The Morgan fingerprint density at radius 3 is 2.30 bits per heavy atom. The van der Waals surface area contributed by atoms with Crippen LogP contribution in [-0.4, -0.2) is 56.8 Å². The molecule has 0 atom stereocenters. The van der Waals surface area contributed by atoms with E-state index in [4.69, 9.17) is 4.74 Å². The lowest BCUT2D eigenvalue weighted by molar-refractivity contribution is -0.127. The lowest BCUT2D eigenvalue weighted by Crippen LogP contribution is -2.50. The van der Waals surface area contributed by atoms with Gasteiger partial charge in [0.1, 0.15) is 16.5 Å². The van der Waals surface area contributed by atoms with E-state index in [1.807, 2.05) is 0 Å². The number of halogens is 3. The lowest BCUT2D eigenvalue weighted by atomic mass is 10.2. The number of methoxy groups -OCH3 is 1. The molecular formula is C20H19F3N2O4S. The summed E-state index contributed by atoms with van der Waals surface area (Å²) in [6.45, 7) is 0.135. The second kappa shape index (κ2) is 8.88. The second-order valence-electron chi connectivity index (χ2n) is 6.53. The number of hydrogen-bond acceptors (Lipinski definition) is 4. The van der Waals surface area contributed by atoms with Gasteiger partial charge in [0.15, 0.2) is 11.6 Å². The minimum absolute atomic E-state index is 0.0319. The lowest BCUT2D eigenvalue weighted by Gasteiger charge is -2.33. The quantitative estimate of drug-likeness (QED) is 0.671. The van der Waals surface area contributed by atoms with Crippen molar-refractivity contribution >= 4 is 22.0 Å². The highest BCUT2D eigenvalue weighted by Crippen LogP contribution is 2.22. The fraction of sp³-hybridized carbons (Fsp3) is 0.250.